The summed E-state index contributed by atoms with van der Waals surface area (Å²) in [7, 11) is 2.08. The van der Waals surface area contributed by atoms with Crippen LogP contribution < -0.4 is 4.90 Å². The van der Waals surface area contributed by atoms with Crippen molar-refractivity contribution in [3.63, 3.8) is 0 Å². The molecule has 0 N–H and O–H groups in total. The standard InChI is InChI=1S/C12H17BrN4S/c1-9(4-7-18-3)16(2)12-11-14-5-6-17(11)8-10(13)15-12/h5-6,8-9H,4,7H2,1-3H3. The van der Waals surface area contributed by atoms with Crippen molar-refractivity contribution in [3.8, 4) is 0 Å². The van der Waals surface area contributed by atoms with Crippen LogP contribution in [0.1, 0.15) is 13.3 Å². The number of fused-ring (bicyclic) bond motifs is 1. The fourth-order valence-electron chi connectivity index (χ4n) is 1.81. The Morgan fingerprint density at radius 1 is 1.56 bits per heavy atom. The second kappa shape index (κ2) is 5.93. The van der Waals surface area contributed by atoms with Crippen molar-refractivity contribution in [1.82, 2.24) is 14.4 Å². The third-order valence-electron chi connectivity index (χ3n) is 3.06. The molecule has 0 amide bonds. The molecule has 0 fully saturated rings. The van der Waals surface area contributed by atoms with Crippen LogP contribution in [0.25, 0.3) is 5.65 Å². The molecule has 2 aromatic heterocycles. The number of aromatic nitrogens is 3. The lowest BCUT2D eigenvalue weighted by atomic mass is 10.2. The summed E-state index contributed by atoms with van der Waals surface area (Å²) in [6, 6.07) is 0.444. The quantitative estimate of drug-likeness (QED) is 0.844. The van der Waals surface area contributed by atoms with E-state index in [9.17, 15) is 0 Å². The number of halogens is 1. The normalized spacial score (nSPS) is 12.9. The monoisotopic (exact) mass is 328 g/mol. The average Bonchev–Trinajstić information content (AvgIpc) is 2.81. The van der Waals surface area contributed by atoms with Crippen molar-refractivity contribution >= 4 is 39.2 Å². The first kappa shape index (κ1) is 13.7. The van der Waals surface area contributed by atoms with Gasteiger partial charge in [0, 0.05) is 31.7 Å². The Kier molecular flexibility index (Phi) is 4.50. The van der Waals surface area contributed by atoms with Crippen molar-refractivity contribution < 1.29 is 0 Å². The second-order valence-electron chi connectivity index (χ2n) is 4.29. The minimum Gasteiger partial charge on any atom is -0.354 e. The zero-order valence-corrected chi connectivity index (χ0v) is 13.2. The van der Waals surface area contributed by atoms with Crippen LogP contribution in [0.2, 0.25) is 0 Å². The maximum Gasteiger partial charge on any atom is 0.180 e. The zero-order chi connectivity index (χ0) is 13.1. The zero-order valence-electron chi connectivity index (χ0n) is 10.8. The van der Waals surface area contributed by atoms with Crippen LogP contribution >= 0.6 is 27.7 Å². The SMILES string of the molecule is CSCCC(C)N(C)c1nc(Br)cn2ccnc12. The Morgan fingerprint density at radius 3 is 3.06 bits per heavy atom. The number of rotatable bonds is 5. The number of anilines is 1. The molecule has 0 spiro atoms. The lowest BCUT2D eigenvalue weighted by Crippen LogP contribution is -2.30. The van der Waals surface area contributed by atoms with E-state index in [2.05, 4.69) is 51.0 Å². The number of imidazole rings is 1. The maximum atomic E-state index is 4.56. The van der Waals surface area contributed by atoms with Crippen LogP contribution in [0.3, 0.4) is 0 Å². The van der Waals surface area contributed by atoms with Gasteiger partial charge in [-0.05, 0) is 41.3 Å². The van der Waals surface area contributed by atoms with Gasteiger partial charge in [0.2, 0.25) is 0 Å². The maximum absolute atomic E-state index is 4.56. The summed E-state index contributed by atoms with van der Waals surface area (Å²) < 4.78 is 2.82. The van der Waals surface area contributed by atoms with Gasteiger partial charge in [0.25, 0.3) is 0 Å². The summed E-state index contributed by atoms with van der Waals surface area (Å²) in [6.45, 7) is 2.22. The van der Waals surface area contributed by atoms with Gasteiger partial charge in [-0.1, -0.05) is 0 Å². The van der Waals surface area contributed by atoms with E-state index in [1.807, 2.05) is 28.6 Å². The molecule has 2 heterocycles. The molecular weight excluding hydrogens is 312 g/mol. The number of nitrogens with zero attached hydrogens (tertiary/aromatic N) is 4. The molecule has 0 saturated heterocycles. The number of hydrogen-bond donors (Lipinski definition) is 0. The van der Waals surface area contributed by atoms with Crippen LogP contribution in [0.4, 0.5) is 5.82 Å². The summed E-state index contributed by atoms with van der Waals surface area (Å²) in [5.74, 6) is 2.08. The summed E-state index contributed by atoms with van der Waals surface area (Å²) in [4.78, 5) is 11.1. The lowest BCUT2D eigenvalue weighted by Gasteiger charge is -2.26. The van der Waals surface area contributed by atoms with Crippen LogP contribution in [0, 0.1) is 0 Å². The molecule has 6 heteroatoms. The molecule has 1 atom stereocenters. The summed E-state index contributed by atoms with van der Waals surface area (Å²) >= 11 is 5.32. The Balaban J connectivity index is 2.31. The van der Waals surface area contributed by atoms with E-state index < -0.39 is 0 Å². The van der Waals surface area contributed by atoms with E-state index in [-0.39, 0.29) is 0 Å². The predicted octanol–water partition coefficient (Wildman–Crippen LogP) is 3.07. The van der Waals surface area contributed by atoms with Gasteiger partial charge in [0.15, 0.2) is 11.5 Å². The van der Waals surface area contributed by atoms with Crippen molar-refractivity contribution in [2.45, 2.75) is 19.4 Å². The molecular formula is C12H17BrN4S. The highest BCUT2D eigenvalue weighted by atomic mass is 79.9. The number of hydrogen-bond acceptors (Lipinski definition) is 4. The molecule has 0 aliphatic heterocycles. The van der Waals surface area contributed by atoms with E-state index in [4.69, 9.17) is 0 Å². The van der Waals surface area contributed by atoms with Gasteiger partial charge >= 0.3 is 0 Å². The van der Waals surface area contributed by atoms with Crippen molar-refractivity contribution in [2.75, 3.05) is 24.0 Å². The second-order valence-corrected chi connectivity index (χ2v) is 6.08. The summed E-state index contributed by atoms with van der Waals surface area (Å²) in [5.41, 5.74) is 0.900. The van der Waals surface area contributed by atoms with Crippen LogP contribution in [0.5, 0.6) is 0 Å². The molecule has 18 heavy (non-hydrogen) atoms. The van der Waals surface area contributed by atoms with Gasteiger partial charge in [0.05, 0.1) is 0 Å². The molecule has 1 unspecified atom stereocenters. The minimum atomic E-state index is 0.444. The van der Waals surface area contributed by atoms with E-state index >= 15 is 0 Å². The Hall–Kier alpha value is -0.750. The third-order valence-corrected chi connectivity index (χ3v) is 4.09. The minimum absolute atomic E-state index is 0.444. The molecule has 4 nitrogen and oxygen atoms in total. The van der Waals surface area contributed by atoms with Gasteiger partial charge in [-0.15, -0.1) is 0 Å². The molecule has 0 radical (unpaired) electrons. The molecule has 0 bridgehead atoms. The number of thioether (sulfide) groups is 1. The van der Waals surface area contributed by atoms with E-state index in [0.29, 0.717) is 6.04 Å². The molecule has 2 aromatic rings. The predicted molar refractivity (Wildman–Crippen MR) is 81.6 cm³/mol. The Labute approximate surface area is 120 Å². The van der Waals surface area contributed by atoms with Gasteiger partial charge in [0.1, 0.15) is 4.60 Å². The highest BCUT2D eigenvalue weighted by Crippen LogP contribution is 2.22. The Bertz CT molecular complexity index is 528. The van der Waals surface area contributed by atoms with Gasteiger partial charge in [-0.25, -0.2) is 9.97 Å². The molecule has 98 valence electrons. The van der Waals surface area contributed by atoms with Gasteiger partial charge in [-0.2, -0.15) is 11.8 Å². The van der Waals surface area contributed by atoms with Gasteiger partial charge in [-0.3, -0.25) is 0 Å². The van der Waals surface area contributed by atoms with E-state index in [0.717, 1.165) is 28.2 Å². The summed E-state index contributed by atoms with van der Waals surface area (Å²) in [6.07, 6.45) is 8.93. The highest BCUT2D eigenvalue weighted by molar-refractivity contribution is 9.10. The molecule has 0 aliphatic carbocycles. The largest absolute Gasteiger partial charge is 0.354 e. The molecule has 0 aliphatic rings. The van der Waals surface area contributed by atoms with Crippen molar-refractivity contribution in [1.29, 1.82) is 0 Å². The first-order valence-corrected chi connectivity index (χ1v) is 8.03. The molecule has 2 rings (SSSR count). The van der Waals surface area contributed by atoms with Gasteiger partial charge < -0.3 is 9.30 Å². The summed E-state index contributed by atoms with van der Waals surface area (Å²) in [5, 5.41) is 0. The first-order valence-electron chi connectivity index (χ1n) is 5.84. The molecule has 0 aromatic carbocycles. The smallest absolute Gasteiger partial charge is 0.180 e. The van der Waals surface area contributed by atoms with Crippen molar-refractivity contribution in [3.05, 3.63) is 23.2 Å². The van der Waals surface area contributed by atoms with Crippen LogP contribution in [-0.2, 0) is 0 Å². The lowest BCUT2D eigenvalue weighted by molar-refractivity contribution is 0.661. The Morgan fingerprint density at radius 2 is 2.33 bits per heavy atom. The molecule has 0 saturated carbocycles. The fraction of sp³-hybridized carbons (Fsp3) is 0.500. The van der Waals surface area contributed by atoms with Crippen LogP contribution in [-0.4, -0.2) is 39.5 Å². The van der Waals surface area contributed by atoms with E-state index in [1.165, 1.54) is 0 Å². The highest BCUT2D eigenvalue weighted by Gasteiger charge is 2.16. The topological polar surface area (TPSA) is 33.4 Å². The third kappa shape index (κ3) is 2.80. The van der Waals surface area contributed by atoms with E-state index in [1.54, 1.807) is 6.20 Å². The first-order chi connectivity index (χ1) is 8.63. The average molecular weight is 329 g/mol. The fourth-order valence-corrected chi connectivity index (χ4v) is 2.78. The van der Waals surface area contributed by atoms with Crippen LogP contribution in [0.15, 0.2) is 23.2 Å². The van der Waals surface area contributed by atoms with Crippen molar-refractivity contribution in [2.24, 2.45) is 0 Å².